The van der Waals surface area contributed by atoms with Gasteiger partial charge in [0.1, 0.15) is 24.7 Å². The molecule has 5 heteroatoms. The van der Waals surface area contributed by atoms with Crippen molar-refractivity contribution in [3.63, 3.8) is 0 Å². The average Bonchev–Trinajstić information content (AvgIpc) is 2.98. The second-order valence-corrected chi connectivity index (χ2v) is 6.53. The number of benzene rings is 2. The smallest absolute Gasteiger partial charge is 0.240 e. The minimum Gasteiger partial charge on any atom is -0.485 e. The largest absolute Gasteiger partial charge is 0.485 e. The third kappa shape index (κ3) is 4.04. The molecule has 3 aromatic rings. The number of para-hydroxylation sites is 3. The van der Waals surface area contributed by atoms with Gasteiger partial charge in [-0.1, -0.05) is 37.3 Å². The molecule has 0 aliphatic carbocycles. The molecular formula is C21H25N3O2. The van der Waals surface area contributed by atoms with Gasteiger partial charge in [-0.3, -0.25) is 4.79 Å². The Morgan fingerprint density at radius 1 is 1.19 bits per heavy atom. The van der Waals surface area contributed by atoms with Crippen molar-refractivity contribution in [2.24, 2.45) is 0 Å². The first-order valence-corrected chi connectivity index (χ1v) is 9.00. The molecule has 0 fully saturated rings. The molecule has 1 heterocycles. The molecule has 26 heavy (non-hydrogen) atoms. The van der Waals surface area contributed by atoms with Crippen LogP contribution >= 0.6 is 0 Å². The lowest BCUT2D eigenvalue weighted by molar-refractivity contribution is -0.122. The zero-order valence-electron chi connectivity index (χ0n) is 15.5. The van der Waals surface area contributed by atoms with E-state index in [1.54, 1.807) is 0 Å². The number of aryl methyl sites for hydroxylation is 1. The number of rotatable bonds is 7. The Labute approximate surface area is 154 Å². The summed E-state index contributed by atoms with van der Waals surface area (Å²) in [5.74, 6) is 1.56. The first-order chi connectivity index (χ1) is 12.6. The number of aromatic nitrogens is 2. The van der Waals surface area contributed by atoms with Gasteiger partial charge in [-0.05, 0) is 44.0 Å². The third-order valence-corrected chi connectivity index (χ3v) is 4.51. The highest BCUT2D eigenvalue weighted by atomic mass is 16.5. The Balaban J connectivity index is 1.84. The number of nitrogens with one attached hydrogen (secondary N) is 1. The van der Waals surface area contributed by atoms with Crippen molar-refractivity contribution >= 4 is 16.9 Å². The maximum atomic E-state index is 12.4. The predicted octanol–water partition coefficient (Wildman–Crippen LogP) is 3.84. The minimum absolute atomic E-state index is 0.0142. The fourth-order valence-corrected chi connectivity index (χ4v) is 2.84. The molecule has 0 aliphatic heterocycles. The van der Waals surface area contributed by atoms with Crippen molar-refractivity contribution in [3.8, 4) is 5.75 Å². The molecule has 0 aliphatic rings. The van der Waals surface area contributed by atoms with Gasteiger partial charge in [-0.15, -0.1) is 0 Å². The summed E-state index contributed by atoms with van der Waals surface area (Å²) in [5, 5.41) is 3.01. The lowest BCUT2D eigenvalue weighted by Crippen LogP contribution is -2.35. The molecule has 1 unspecified atom stereocenters. The second-order valence-electron chi connectivity index (χ2n) is 6.53. The number of hydrogen-bond acceptors (Lipinski definition) is 3. The Kier molecular flexibility index (Phi) is 5.56. The number of carbonyl (C=O) groups excluding carboxylic acids is 1. The number of carbonyl (C=O) groups is 1. The fourth-order valence-electron chi connectivity index (χ4n) is 2.84. The molecule has 3 rings (SSSR count). The SMILES string of the molecule is CCC(C)NC(=O)Cn1c(COc2ccccc2C)nc2ccccc21. The van der Waals surface area contributed by atoms with E-state index in [4.69, 9.17) is 4.74 Å². The van der Waals surface area contributed by atoms with Gasteiger partial charge in [0.2, 0.25) is 5.91 Å². The normalized spacial score (nSPS) is 12.1. The summed E-state index contributed by atoms with van der Waals surface area (Å²) in [6.45, 7) is 6.62. The topological polar surface area (TPSA) is 56.2 Å². The Morgan fingerprint density at radius 3 is 2.69 bits per heavy atom. The van der Waals surface area contributed by atoms with Crippen molar-refractivity contribution in [1.29, 1.82) is 0 Å². The van der Waals surface area contributed by atoms with Crippen molar-refractivity contribution in [2.45, 2.75) is 46.4 Å². The van der Waals surface area contributed by atoms with Crippen LogP contribution in [0, 0.1) is 6.92 Å². The summed E-state index contributed by atoms with van der Waals surface area (Å²) in [6.07, 6.45) is 0.902. The van der Waals surface area contributed by atoms with Crippen LogP contribution in [0.5, 0.6) is 5.75 Å². The summed E-state index contributed by atoms with van der Waals surface area (Å²) < 4.78 is 7.90. The van der Waals surface area contributed by atoms with Crippen molar-refractivity contribution in [3.05, 3.63) is 59.9 Å². The molecule has 0 saturated carbocycles. The highest BCUT2D eigenvalue weighted by Crippen LogP contribution is 2.20. The summed E-state index contributed by atoms with van der Waals surface area (Å²) >= 11 is 0. The van der Waals surface area contributed by atoms with Crippen LogP contribution in [0.25, 0.3) is 11.0 Å². The van der Waals surface area contributed by atoms with Gasteiger partial charge in [0, 0.05) is 6.04 Å². The monoisotopic (exact) mass is 351 g/mol. The standard InChI is InChI=1S/C21H25N3O2/c1-4-16(3)22-21(25)13-24-18-11-7-6-10-17(18)23-20(24)14-26-19-12-8-5-9-15(19)2/h5-12,16H,4,13-14H2,1-3H3,(H,22,25). The van der Waals surface area contributed by atoms with E-state index in [9.17, 15) is 4.79 Å². The highest BCUT2D eigenvalue weighted by molar-refractivity contribution is 5.81. The van der Waals surface area contributed by atoms with Gasteiger partial charge < -0.3 is 14.6 Å². The van der Waals surface area contributed by atoms with Gasteiger partial charge in [0.15, 0.2) is 0 Å². The fraction of sp³-hybridized carbons (Fsp3) is 0.333. The van der Waals surface area contributed by atoms with Gasteiger partial charge >= 0.3 is 0 Å². The summed E-state index contributed by atoms with van der Waals surface area (Å²) in [4.78, 5) is 17.1. The molecule has 5 nitrogen and oxygen atoms in total. The van der Waals surface area contributed by atoms with E-state index in [0.717, 1.165) is 34.6 Å². The minimum atomic E-state index is -0.0142. The van der Waals surface area contributed by atoms with E-state index in [-0.39, 0.29) is 18.5 Å². The van der Waals surface area contributed by atoms with Crippen molar-refractivity contribution < 1.29 is 9.53 Å². The zero-order valence-corrected chi connectivity index (χ0v) is 15.5. The van der Waals surface area contributed by atoms with Crippen LogP contribution in [0.1, 0.15) is 31.7 Å². The maximum absolute atomic E-state index is 12.4. The van der Waals surface area contributed by atoms with Crippen LogP contribution in [0.4, 0.5) is 0 Å². The first-order valence-electron chi connectivity index (χ1n) is 9.00. The molecule has 136 valence electrons. The average molecular weight is 351 g/mol. The van der Waals surface area contributed by atoms with E-state index in [2.05, 4.69) is 17.2 Å². The van der Waals surface area contributed by atoms with E-state index >= 15 is 0 Å². The van der Waals surface area contributed by atoms with Crippen LogP contribution in [0.2, 0.25) is 0 Å². The maximum Gasteiger partial charge on any atom is 0.240 e. The molecule has 1 atom stereocenters. The quantitative estimate of drug-likeness (QED) is 0.704. The van der Waals surface area contributed by atoms with Gasteiger partial charge in [-0.25, -0.2) is 4.98 Å². The van der Waals surface area contributed by atoms with Crippen molar-refractivity contribution in [2.75, 3.05) is 0 Å². The highest BCUT2D eigenvalue weighted by Gasteiger charge is 2.15. The summed E-state index contributed by atoms with van der Waals surface area (Å²) in [7, 11) is 0. The van der Waals surface area contributed by atoms with E-state index in [1.165, 1.54) is 0 Å². The molecule has 0 radical (unpaired) electrons. The van der Waals surface area contributed by atoms with Crippen LogP contribution in [0.15, 0.2) is 48.5 Å². The molecule has 1 N–H and O–H groups in total. The Bertz CT molecular complexity index is 901. The Morgan fingerprint density at radius 2 is 1.92 bits per heavy atom. The Hall–Kier alpha value is -2.82. The molecular weight excluding hydrogens is 326 g/mol. The molecule has 1 amide bonds. The zero-order chi connectivity index (χ0) is 18.5. The molecule has 1 aromatic heterocycles. The third-order valence-electron chi connectivity index (χ3n) is 4.51. The van der Waals surface area contributed by atoms with Gasteiger partial charge in [0.25, 0.3) is 0 Å². The van der Waals surface area contributed by atoms with Crippen LogP contribution in [0.3, 0.4) is 0 Å². The molecule has 0 spiro atoms. The van der Waals surface area contributed by atoms with Crippen LogP contribution < -0.4 is 10.1 Å². The number of fused-ring (bicyclic) bond motifs is 1. The van der Waals surface area contributed by atoms with E-state index in [1.807, 2.05) is 66.9 Å². The lowest BCUT2D eigenvalue weighted by atomic mass is 10.2. The summed E-state index contributed by atoms with van der Waals surface area (Å²) in [6, 6.07) is 15.9. The lowest BCUT2D eigenvalue weighted by Gasteiger charge is -2.14. The first kappa shape index (κ1) is 18.0. The van der Waals surface area contributed by atoms with Crippen LogP contribution in [-0.2, 0) is 17.9 Å². The van der Waals surface area contributed by atoms with Crippen molar-refractivity contribution in [1.82, 2.24) is 14.9 Å². The predicted molar refractivity (Wildman–Crippen MR) is 103 cm³/mol. The molecule has 2 aromatic carbocycles. The van der Waals surface area contributed by atoms with Gasteiger partial charge in [-0.2, -0.15) is 0 Å². The van der Waals surface area contributed by atoms with E-state index < -0.39 is 0 Å². The number of hydrogen-bond donors (Lipinski definition) is 1. The van der Waals surface area contributed by atoms with E-state index in [0.29, 0.717) is 6.61 Å². The number of ether oxygens (including phenoxy) is 1. The summed E-state index contributed by atoms with van der Waals surface area (Å²) in [5.41, 5.74) is 2.88. The molecule has 0 bridgehead atoms. The molecule has 0 saturated heterocycles. The number of amides is 1. The number of nitrogens with zero attached hydrogens (tertiary/aromatic N) is 2. The second kappa shape index (κ2) is 8.04. The van der Waals surface area contributed by atoms with Crippen LogP contribution in [-0.4, -0.2) is 21.5 Å². The number of imidazole rings is 1. The van der Waals surface area contributed by atoms with Gasteiger partial charge in [0.05, 0.1) is 11.0 Å².